The average molecular weight is 505 g/mol. The predicted octanol–water partition coefficient (Wildman–Crippen LogP) is 3.34. The van der Waals surface area contributed by atoms with Gasteiger partial charge in [0.05, 0.1) is 46.9 Å². The van der Waals surface area contributed by atoms with E-state index in [0.29, 0.717) is 24.2 Å². The lowest BCUT2D eigenvalue weighted by Gasteiger charge is -2.40. The molecule has 3 atom stereocenters. The molecule has 11 heteroatoms. The lowest BCUT2D eigenvalue weighted by Crippen LogP contribution is -2.50. The Kier molecular flexibility index (Phi) is 6.97. The summed E-state index contributed by atoms with van der Waals surface area (Å²) in [5.41, 5.74) is 8.79. The lowest BCUT2D eigenvalue weighted by atomic mass is 9.69. The van der Waals surface area contributed by atoms with E-state index in [1.54, 1.807) is 13.3 Å². The normalized spacial score (nSPS) is 24.2. The first-order valence-electron chi connectivity index (χ1n) is 11.4. The number of piperidine rings is 1. The summed E-state index contributed by atoms with van der Waals surface area (Å²) >= 11 is 8.12. The van der Waals surface area contributed by atoms with Crippen LogP contribution in [0, 0.1) is 5.41 Å². The van der Waals surface area contributed by atoms with Gasteiger partial charge in [0.1, 0.15) is 17.7 Å². The van der Waals surface area contributed by atoms with E-state index in [2.05, 4.69) is 20.3 Å². The minimum absolute atomic E-state index is 0.0118. The van der Waals surface area contributed by atoms with Crippen LogP contribution in [-0.2, 0) is 9.47 Å². The van der Waals surface area contributed by atoms with Crippen LogP contribution in [0.2, 0.25) is 5.02 Å². The Bertz CT molecular complexity index is 1140. The Balaban J connectivity index is 1.33. The SMILES string of the molecule is COCCOc1nc2ccc(Sc3cnc(C4OC(C)C(N)C45CCNCC5)cn3)c(Cl)c2[nH]1. The van der Waals surface area contributed by atoms with Crippen LogP contribution in [0.1, 0.15) is 31.6 Å². The summed E-state index contributed by atoms with van der Waals surface area (Å²) in [5, 5.41) is 4.74. The smallest absolute Gasteiger partial charge is 0.294 e. The Hall–Kier alpha value is -1.95. The molecule has 2 aromatic heterocycles. The summed E-state index contributed by atoms with van der Waals surface area (Å²) in [4.78, 5) is 17.8. The van der Waals surface area contributed by atoms with Crippen LogP contribution < -0.4 is 15.8 Å². The van der Waals surface area contributed by atoms with E-state index < -0.39 is 0 Å². The lowest BCUT2D eigenvalue weighted by molar-refractivity contribution is 0.00222. The predicted molar refractivity (Wildman–Crippen MR) is 130 cm³/mol. The minimum atomic E-state index is -0.146. The maximum absolute atomic E-state index is 6.67. The molecule has 182 valence electrons. The van der Waals surface area contributed by atoms with Gasteiger partial charge in [-0.15, -0.1) is 0 Å². The molecule has 4 N–H and O–H groups in total. The van der Waals surface area contributed by atoms with Crippen LogP contribution >= 0.6 is 23.4 Å². The summed E-state index contributed by atoms with van der Waals surface area (Å²) in [7, 11) is 1.62. The van der Waals surface area contributed by atoms with Gasteiger partial charge in [-0.3, -0.25) is 4.98 Å². The Morgan fingerprint density at radius 2 is 2.06 bits per heavy atom. The largest absolute Gasteiger partial charge is 0.462 e. The van der Waals surface area contributed by atoms with E-state index in [1.165, 1.54) is 11.8 Å². The van der Waals surface area contributed by atoms with E-state index in [0.717, 1.165) is 52.6 Å². The van der Waals surface area contributed by atoms with Gasteiger partial charge in [-0.25, -0.2) is 4.98 Å². The van der Waals surface area contributed by atoms with Crippen molar-refractivity contribution >= 4 is 34.4 Å². The van der Waals surface area contributed by atoms with Crippen molar-refractivity contribution in [3.05, 3.63) is 35.2 Å². The van der Waals surface area contributed by atoms with Crippen molar-refractivity contribution in [3.63, 3.8) is 0 Å². The number of H-pyrrole nitrogens is 1. The number of hydrogen-bond donors (Lipinski definition) is 3. The molecule has 0 aliphatic carbocycles. The fraction of sp³-hybridized carbons (Fsp3) is 0.522. The number of hydrogen-bond acceptors (Lipinski definition) is 9. The van der Waals surface area contributed by atoms with Crippen LogP contribution in [-0.4, -0.2) is 65.5 Å². The fourth-order valence-electron chi connectivity index (χ4n) is 4.93. The molecule has 9 nitrogen and oxygen atoms in total. The van der Waals surface area contributed by atoms with Crippen LogP contribution in [0.5, 0.6) is 6.01 Å². The first-order chi connectivity index (χ1) is 16.5. The average Bonchev–Trinajstić information content (AvgIpc) is 3.38. The van der Waals surface area contributed by atoms with Crippen molar-refractivity contribution in [1.29, 1.82) is 0 Å². The monoisotopic (exact) mass is 504 g/mol. The van der Waals surface area contributed by atoms with Crippen LogP contribution in [0.15, 0.2) is 34.4 Å². The molecule has 2 aliphatic heterocycles. The second-order valence-corrected chi connectivity index (χ2v) is 10.2. The molecule has 1 spiro atoms. The third-order valence-electron chi connectivity index (χ3n) is 6.77. The molecule has 0 amide bonds. The molecular formula is C23H29ClN6O3S. The molecule has 0 saturated carbocycles. The molecule has 0 radical (unpaired) electrons. The highest BCUT2D eigenvalue weighted by atomic mass is 35.5. The number of imidazole rings is 1. The topological polar surface area (TPSA) is 120 Å². The van der Waals surface area contributed by atoms with Crippen molar-refractivity contribution in [2.24, 2.45) is 11.1 Å². The van der Waals surface area contributed by atoms with Crippen LogP contribution in [0.3, 0.4) is 0 Å². The van der Waals surface area contributed by atoms with Crippen molar-refractivity contribution in [2.45, 2.75) is 47.9 Å². The number of aromatic amines is 1. The summed E-state index contributed by atoms with van der Waals surface area (Å²) in [5.74, 6) is 0. The molecule has 2 fully saturated rings. The number of nitrogens with one attached hydrogen (secondary N) is 2. The van der Waals surface area contributed by atoms with Crippen LogP contribution in [0.25, 0.3) is 11.0 Å². The number of fused-ring (bicyclic) bond motifs is 1. The highest BCUT2D eigenvalue weighted by Crippen LogP contribution is 2.52. The Labute approximate surface area is 207 Å². The summed E-state index contributed by atoms with van der Waals surface area (Å²) in [6, 6.07) is 4.23. The van der Waals surface area contributed by atoms with Gasteiger partial charge >= 0.3 is 0 Å². The molecule has 5 rings (SSSR count). The molecule has 2 aliphatic rings. The molecular weight excluding hydrogens is 476 g/mol. The highest BCUT2D eigenvalue weighted by Gasteiger charge is 2.54. The zero-order valence-electron chi connectivity index (χ0n) is 19.2. The maximum Gasteiger partial charge on any atom is 0.294 e. The number of benzene rings is 1. The molecule has 3 unspecified atom stereocenters. The fourth-order valence-corrected chi connectivity index (χ4v) is 6.01. The molecule has 3 aromatic rings. The first kappa shape index (κ1) is 23.8. The Morgan fingerprint density at radius 3 is 2.79 bits per heavy atom. The molecule has 0 bridgehead atoms. The Morgan fingerprint density at radius 1 is 1.24 bits per heavy atom. The molecule has 2 saturated heterocycles. The zero-order valence-corrected chi connectivity index (χ0v) is 20.8. The standard InChI is InChI=1S/C23H29ClN6O3S/c1-13-20(25)23(5-7-26-8-6-23)21(33-13)15-11-28-17(12-27-15)34-16-4-3-14-19(18(16)24)30-22(29-14)32-10-9-31-2/h3-4,11-13,20-21,26H,5-10,25H2,1-2H3,(H,29,30). The van der Waals surface area contributed by atoms with Crippen molar-refractivity contribution < 1.29 is 14.2 Å². The van der Waals surface area contributed by atoms with Crippen molar-refractivity contribution in [3.8, 4) is 6.01 Å². The third kappa shape index (κ3) is 4.38. The van der Waals surface area contributed by atoms with E-state index in [4.69, 9.17) is 36.5 Å². The highest BCUT2D eigenvalue weighted by molar-refractivity contribution is 7.99. The second-order valence-electron chi connectivity index (χ2n) is 8.77. The number of nitrogens with two attached hydrogens (primary N) is 1. The van der Waals surface area contributed by atoms with Gasteiger partial charge in [-0.05, 0) is 45.0 Å². The zero-order chi connectivity index (χ0) is 23.7. The first-order valence-corrected chi connectivity index (χ1v) is 12.6. The van der Waals surface area contributed by atoms with Gasteiger partial charge in [-0.2, -0.15) is 4.98 Å². The maximum atomic E-state index is 6.67. The minimum Gasteiger partial charge on any atom is -0.462 e. The number of halogens is 1. The third-order valence-corrected chi connectivity index (χ3v) is 8.26. The van der Waals surface area contributed by atoms with Gasteiger partial charge in [0.2, 0.25) is 0 Å². The van der Waals surface area contributed by atoms with Crippen molar-refractivity contribution in [2.75, 3.05) is 33.4 Å². The summed E-state index contributed by atoms with van der Waals surface area (Å²) in [6.07, 6.45) is 5.37. The van der Waals surface area contributed by atoms with E-state index >= 15 is 0 Å². The van der Waals surface area contributed by atoms with Crippen LogP contribution in [0.4, 0.5) is 0 Å². The van der Waals surface area contributed by atoms with Gasteiger partial charge in [-0.1, -0.05) is 23.4 Å². The molecule has 34 heavy (non-hydrogen) atoms. The van der Waals surface area contributed by atoms with E-state index in [-0.39, 0.29) is 23.7 Å². The summed E-state index contributed by atoms with van der Waals surface area (Å²) < 4.78 is 16.9. The molecule has 1 aromatic carbocycles. The van der Waals surface area contributed by atoms with E-state index in [9.17, 15) is 0 Å². The van der Waals surface area contributed by atoms with Crippen molar-refractivity contribution in [1.82, 2.24) is 25.3 Å². The number of rotatable bonds is 7. The van der Waals surface area contributed by atoms with Gasteiger partial charge in [0.25, 0.3) is 6.01 Å². The quantitative estimate of drug-likeness (QED) is 0.416. The number of methoxy groups -OCH3 is 1. The number of nitrogens with zero attached hydrogens (tertiary/aromatic N) is 3. The second kappa shape index (κ2) is 9.96. The van der Waals surface area contributed by atoms with Gasteiger partial charge < -0.3 is 30.2 Å². The number of ether oxygens (including phenoxy) is 3. The molecule has 4 heterocycles. The van der Waals surface area contributed by atoms with Gasteiger partial charge in [0, 0.05) is 23.5 Å². The number of aromatic nitrogens is 4. The summed E-state index contributed by atoms with van der Waals surface area (Å²) in [6.45, 7) is 4.82. The van der Waals surface area contributed by atoms with Gasteiger partial charge in [0.15, 0.2) is 0 Å². The van der Waals surface area contributed by atoms with E-state index in [1.807, 2.05) is 25.3 Å².